The summed E-state index contributed by atoms with van der Waals surface area (Å²) < 4.78 is 6.97. The van der Waals surface area contributed by atoms with Crippen LogP contribution in [-0.4, -0.2) is 9.97 Å². The van der Waals surface area contributed by atoms with Gasteiger partial charge < -0.3 is 9.72 Å². The van der Waals surface area contributed by atoms with Crippen LogP contribution in [0.25, 0.3) is 21.6 Å². The van der Waals surface area contributed by atoms with Gasteiger partial charge in [0.1, 0.15) is 23.0 Å². The summed E-state index contributed by atoms with van der Waals surface area (Å²) in [6.45, 7) is 0.327. The summed E-state index contributed by atoms with van der Waals surface area (Å²) in [5.41, 5.74) is 2.75. The molecule has 0 spiro atoms. The Bertz CT molecular complexity index is 1310. The first-order valence-electron chi connectivity index (χ1n) is 9.81. The molecule has 4 nitrogen and oxygen atoms in total. The van der Waals surface area contributed by atoms with Gasteiger partial charge in [-0.2, -0.15) is 0 Å². The van der Waals surface area contributed by atoms with Crippen LogP contribution in [0.4, 0.5) is 0 Å². The Morgan fingerprint density at radius 3 is 2.87 bits per heavy atom. The molecule has 0 fully saturated rings. The molecule has 0 saturated heterocycles. The number of hydrogen-bond donors (Lipinski definition) is 1. The number of nitrogens with zero attached hydrogens (tertiary/aromatic N) is 1. The lowest BCUT2D eigenvalue weighted by Crippen LogP contribution is -2.11. The van der Waals surface area contributed by atoms with Crippen LogP contribution in [0.15, 0.2) is 51.7 Å². The maximum absolute atomic E-state index is 13.0. The maximum Gasteiger partial charge on any atom is 0.260 e. The van der Waals surface area contributed by atoms with Crippen LogP contribution in [0.1, 0.15) is 28.8 Å². The summed E-state index contributed by atoms with van der Waals surface area (Å²) in [6, 6.07) is 13.3. The normalized spacial score (nSPS) is 13.4. The van der Waals surface area contributed by atoms with E-state index in [0.29, 0.717) is 23.2 Å². The summed E-state index contributed by atoms with van der Waals surface area (Å²) in [5.74, 6) is 1.16. The Morgan fingerprint density at radius 2 is 2.00 bits per heavy atom. The first kappa shape index (κ1) is 19.8. The molecule has 30 heavy (non-hydrogen) atoms. The van der Waals surface area contributed by atoms with Crippen LogP contribution in [0, 0.1) is 0 Å². The fourth-order valence-electron chi connectivity index (χ4n) is 3.88. The van der Waals surface area contributed by atoms with E-state index in [4.69, 9.17) is 21.3 Å². The van der Waals surface area contributed by atoms with Crippen molar-refractivity contribution in [3.8, 4) is 17.1 Å². The van der Waals surface area contributed by atoms with E-state index in [1.807, 2.05) is 42.5 Å². The third-order valence-corrected chi connectivity index (χ3v) is 7.41. The van der Waals surface area contributed by atoms with E-state index in [9.17, 15) is 4.79 Å². The number of aryl methyl sites for hydroxylation is 2. The average molecular weight is 502 g/mol. The summed E-state index contributed by atoms with van der Waals surface area (Å²) in [6.07, 6.45) is 4.30. The second-order valence-corrected chi connectivity index (χ2v) is 9.73. The van der Waals surface area contributed by atoms with Crippen LogP contribution in [-0.2, 0) is 19.4 Å². The monoisotopic (exact) mass is 500 g/mol. The van der Waals surface area contributed by atoms with Gasteiger partial charge in [0.15, 0.2) is 0 Å². The number of hydrogen-bond acceptors (Lipinski definition) is 4. The van der Waals surface area contributed by atoms with Crippen molar-refractivity contribution in [3.05, 3.63) is 78.3 Å². The summed E-state index contributed by atoms with van der Waals surface area (Å²) >= 11 is 11.4. The Hall–Kier alpha value is -2.15. The van der Waals surface area contributed by atoms with Crippen LogP contribution in [0.5, 0.6) is 5.75 Å². The van der Waals surface area contributed by atoms with Crippen LogP contribution in [0.2, 0.25) is 5.02 Å². The average Bonchev–Trinajstić information content (AvgIpc) is 3.13. The zero-order chi connectivity index (χ0) is 20.7. The van der Waals surface area contributed by atoms with Gasteiger partial charge in [-0.25, -0.2) is 4.98 Å². The van der Waals surface area contributed by atoms with Gasteiger partial charge in [0.05, 0.1) is 10.9 Å². The quantitative estimate of drug-likeness (QED) is 0.346. The Morgan fingerprint density at radius 1 is 1.17 bits per heavy atom. The van der Waals surface area contributed by atoms with Crippen molar-refractivity contribution in [2.24, 2.45) is 0 Å². The molecular weight excluding hydrogens is 484 g/mol. The largest absolute Gasteiger partial charge is 0.488 e. The van der Waals surface area contributed by atoms with Crippen LogP contribution in [0.3, 0.4) is 0 Å². The lowest BCUT2D eigenvalue weighted by Gasteiger charge is -2.13. The minimum atomic E-state index is -0.0774. The molecule has 0 saturated carbocycles. The molecule has 1 N–H and O–H groups in total. The number of aromatic nitrogens is 2. The molecule has 0 unspecified atom stereocenters. The molecular formula is C23H18BrClN2O2S. The fraction of sp³-hybridized carbons (Fsp3) is 0.217. The number of halogens is 2. The Kier molecular flexibility index (Phi) is 5.39. The first-order chi connectivity index (χ1) is 14.6. The predicted octanol–water partition coefficient (Wildman–Crippen LogP) is 6.53. The molecule has 0 bridgehead atoms. The van der Waals surface area contributed by atoms with Gasteiger partial charge in [-0.3, -0.25) is 4.79 Å². The molecule has 2 aromatic heterocycles. The molecule has 0 radical (unpaired) electrons. The Labute approximate surface area is 191 Å². The van der Waals surface area contributed by atoms with Crippen LogP contribution < -0.4 is 10.3 Å². The number of H-pyrrole nitrogens is 1. The van der Waals surface area contributed by atoms with Crippen molar-refractivity contribution in [1.29, 1.82) is 0 Å². The minimum Gasteiger partial charge on any atom is -0.488 e. The number of fused-ring (bicyclic) bond motifs is 3. The number of thiophene rings is 1. The van der Waals surface area contributed by atoms with Gasteiger partial charge in [-0.15, -0.1) is 11.3 Å². The highest BCUT2D eigenvalue weighted by Gasteiger charge is 2.21. The number of rotatable bonds is 4. The molecule has 2 aromatic carbocycles. The molecule has 2 heterocycles. The SMILES string of the molecule is O=c1[nH]c(-c2cc(Br)ccc2OCc2ccccc2Cl)nc2sc3c(c12)CCCC3. The van der Waals surface area contributed by atoms with Gasteiger partial charge in [-0.1, -0.05) is 45.7 Å². The van der Waals surface area contributed by atoms with E-state index in [1.165, 1.54) is 16.9 Å². The van der Waals surface area contributed by atoms with Gasteiger partial charge in [0.2, 0.25) is 0 Å². The second-order valence-electron chi connectivity index (χ2n) is 7.33. The highest BCUT2D eigenvalue weighted by atomic mass is 79.9. The van der Waals surface area contributed by atoms with E-state index in [2.05, 4.69) is 20.9 Å². The third kappa shape index (κ3) is 3.68. The van der Waals surface area contributed by atoms with E-state index in [-0.39, 0.29) is 5.56 Å². The van der Waals surface area contributed by atoms with Crippen molar-refractivity contribution >= 4 is 49.1 Å². The molecule has 1 aliphatic rings. The molecule has 0 aliphatic heterocycles. The fourth-order valence-corrected chi connectivity index (χ4v) is 5.69. The number of benzene rings is 2. The van der Waals surface area contributed by atoms with Gasteiger partial charge in [0, 0.05) is 19.9 Å². The smallest absolute Gasteiger partial charge is 0.260 e. The molecule has 0 atom stereocenters. The van der Waals surface area contributed by atoms with E-state index in [1.54, 1.807) is 11.3 Å². The number of nitrogens with one attached hydrogen (secondary N) is 1. The molecule has 4 aromatic rings. The lowest BCUT2D eigenvalue weighted by atomic mass is 9.97. The Balaban J connectivity index is 1.56. The molecule has 5 rings (SSSR count). The van der Waals surface area contributed by atoms with Gasteiger partial charge in [-0.05, 0) is 55.5 Å². The highest BCUT2D eigenvalue weighted by molar-refractivity contribution is 9.10. The van der Waals surface area contributed by atoms with E-state index in [0.717, 1.165) is 45.1 Å². The topological polar surface area (TPSA) is 55.0 Å². The van der Waals surface area contributed by atoms with Gasteiger partial charge in [0.25, 0.3) is 5.56 Å². The zero-order valence-corrected chi connectivity index (χ0v) is 19.2. The van der Waals surface area contributed by atoms with Crippen molar-refractivity contribution in [1.82, 2.24) is 9.97 Å². The predicted molar refractivity (Wildman–Crippen MR) is 126 cm³/mol. The van der Waals surface area contributed by atoms with Gasteiger partial charge >= 0.3 is 0 Å². The summed E-state index contributed by atoms with van der Waals surface area (Å²) in [4.78, 5) is 22.9. The minimum absolute atomic E-state index is 0.0774. The lowest BCUT2D eigenvalue weighted by molar-refractivity contribution is 0.307. The van der Waals surface area contributed by atoms with Crippen molar-refractivity contribution < 1.29 is 4.74 Å². The zero-order valence-electron chi connectivity index (χ0n) is 16.0. The highest BCUT2D eigenvalue weighted by Crippen LogP contribution is 2.36. The second kappa shape index (κ2) is 8.17. The third-order valence-electron chi connectivity index (χ3n) is 5.36. The number of ether oxygens (including phenoxy) is 1. The molecule has 1 aliphatic carbocycles. The standard InChI is InChI=1S/C23H18BrClN2O2S/c24-14-9-10-18(29-12-13-5-1-3-7-17(13)25)16(11-14)21-26-22(28)20-15-6-2-4-8-19(15)30-23(20)27-21/h1,3,5,7,9-11H,2,4,6,8,12H2,(H,26,27,28). The molecule has 7 heteroatoms. The van der Waals surface area contributed by atoms with Crippen LogP contribution >= 0.6 is 38.9 Å². The van der Waals surface area contributed by atoms with Crippen molar-refractivity contribution in [2.75, 3.05) is 0 Å². The summed E-state index contributed by atoms with van der Waals surface area (Å²) in [5, 5.41) is 1.42. The molecule has 152 valence electrons. The molecule has 0 amide bonds. The summed E-state index contributed by atoms with van der Waals surface area (Å²) in [7, 11) is 0. The maximum atomic E-state index is 13.0. The number of aromatic amines is 1. The van der Waals surface area contributed by atoms with Crippen molar-refractivity contribution in [3.63, 3.8) is 0 Å². The van der Waals surface area contributed by atoms with E-state index >= 15 is 0 Å². The van der Waals surface area contributed by atoms with Crippen molar-refractivity contribution in [2.45, 2.75) is 32.3 Å². The van der Waals surface area contributed by atoms with E-state index < -0.39 is 0 Å². The first-order valence-corrected chi connectivity index (χ1v) is 11.8.